The van der Waals surface area contributed by atoms with E-state index in [4.69, 9.17) is 16.0 Å². The molecule has 8 nitrogen and oxygen atoms in total. The molecular formula is C24H22ClN7O. The summed E-state index contributed by atoms with van der Waals surface area (Å²) in [6.45, 7) is 0.503. The van der Waals surface area contributed by atoms with Gasteiger partial charge < -0.3 is 15.6 Å². The maximum absolute atomic E-state index is 11.1. The number of anilines is 2. The van der Waals surface area contributed by atoms with Crippen molar-refractivity contribution in [1.29, 1.82) is 5.26 Å². The number of pyridine rings is 2. The highest BCUT2D eigenvalue weighted by molar-refractivity contribution is 5.85. The Balaban J connectivity index is 0.00000259. The number of nitrogens with two attached hydrogens (primary N) is 1. The fourth-order valence-electron chi connectivity index (χ4n) is 3.75. The van der Waals surface area contributed by atoms with Crippen molar-refractivity contribution in [3.8, 4) is 17.3 Å². The molecule has 0 saturated heterocycles. The molecule has 166 valence electrons. The second-order valence-corrected chi connectivity index (χ2v) is 7.97. The van der Waals surface area contributed by atoms with E-state index in [2.05, 4.69) is 33.5 Å². The second kappa shape index (κ2) is 9.27. The van der Waals surface area contributed by atoms with Gasteiger partial charge in [-0.05, 0) is 60.7 Å². The van der Waals surface area contributed by atoms with Gasteiger partial charge >= 0.3 is 0 Å². The van der Waals surface area contributed by atoms with E-state index in [-0.39, 0.29) is 24.7 Å². The number of rotatable bonds is 7. The van der Waals surface area contributed by atoms with Gasteiger partial charge in [-0.15, -0.1) is 12.4 Å². The van der Waals surface area contributed by atoms with Crippen LogP contribution in [0.25, 0.3) is 22.3 Å². The minimum atomic E-state index is -0.334. The standard InChI is InChI=1S/C24H21N7O.ClH/c25-13-15-5-7-27-23(9-15)30-24-12-18(16-1-2-16)11-19(29-24)17-3-4-21-20(10-17)28-14-31(21)8-6-22(26)32;/h3-5,7,9-12,14,16H,1-2,6,8H2,(H2,26,32)(H,27,29,30);1H. The fraction of sp³-hybridized carbons (Fsp3) is 0.208. The Labute approximate surface area is 196 Å². The van der Waals surface area contributed by atoms with Crippen molar-refractivity contribution in [3.63, 3.8) is 0 Å². The summed E-state index contributed by atoms with van der Waals surface area (Å²) >= 11 is 0. The van der Waals surface area contributed by atoms with Gasteiger partial charge in [0.25, 0.3) is 0 Å². The number of fused-ring (bicyclic) bond motifs is 1. The number of carbonyl (C=O) groups is 1. The number of primary amides is 1. The van der Waals surface area contributed by atoms with Crippen molar-refractivity contribution < 1.29 is 4.79 Å². The first kappa shape index (κ1) is 22.2. The zero-order valence-electron chi connectivity index (χ0n) is 17.7. The van der Waals surface area contributed by atoms with Crippen LogP contribution >= 0.6 is 12.4 Å². The Morgan fingerprint density at radius 2 is 2.00 bits per heavy atom. The Kier molecular flexibility index (Phi) is 6.24. The van der Waals surface area contributed by atoms with Crippen molar-refractivity contribution in [3.05, 3.63) is 66.1 Å². The number of carbonyl (C=O) groups excluding carboxylic acids is 1. The lowest BCUT2D eigenvalue weighted by Gasteiger charge is -2.11. The van der Waals surface area contributed by atoms with Crippen LogP contribution in [-0.2, 0) is 11.3 Å². The van der Waals surface area contributed by atoms with Crippen LogP contribution in [-0.4, -0.2) is 25.4 Å². The molecule has 3 N–H and O–H groups in total. The van der Waals surface area contributed by atoms with E-state index in [0.29, 0.717) is 29.7 Å². The number of amides is 1. The number of hydrogen-bond donors (Lipinski definition) is 2. The summed E-state index contributed by atoms with van der Waals surface area (Å²) in [6, 6.07) is 15.7. The smallest absolute Gasteiger partial charge is 0.219 e. The molecular weight excluding hydrogens is 438 g/mol. The number of aromatic nitrogens is 4. The lowest BCUT2D eigenvalue weighted by Crippen LogP contribution is -2.13. The van der Waals surface area contributed by atoms with Crippen LogP contribution in [0, 0.1) is 11.3 Å². The van der Waals surface area contributed by atoms with Gasteiger partial charge in [-0.3, -0.25) is 4.79 Å². The van der Waals surface area contributed by atoms with E-state index in [1.54, 1.807) is 24.7 Å². The summed E-state index contributed by atoms with van der Waals surface area (Å²) in [5, 5.41) is 12.4. The molecule has 0 spiro atoms. The quantitative estimate of drug-likeness (QED) is 0.425. The number of hydrogen-bond acceptors (Lipinski definition) is 6. The van der Waals surface area contributed by atoms with Crippen LogP contribution < -0.4 is 11.1 Å². The van der Waals surface area contributed by atoms with E-state index in [0.717, 1.165) is 22.3 Å². The largest absolute Gasteiger partial charge is 0.370 e. The summed E-state index contributed by atoms with van der Waals surface area (Å²) in [6.07, 6.45) is 5.96. The number of nitrogens with zero attached hydrogens (tertiary/aromatic N) is 5. The molecule has 33 heavy (non-hydrogen) atoms. The highest BCUT2D eigenvalue weighted by atomic mass is 35.5. The molecule has 1 aliphatic rings. The summed E-state index contributed by atoms with van der Waals surface area (Å²) in [5.74, 6) is 1.49. The number of benzene rings is 1. The van der Waals surface area contributed by atoms with Crippen LogP contribution in [0.1, 0.15) is 36.3 Å². The lowest BCUT2D eigenvalue weighted by molar-refractivity contribution is -0.118. The number of aryl methyl sites for hydroxylation is 1. The Bertz CT molecular complexity index is 1370. The zero-order chi connectivity index (χ0) is 22.1. The average Bonchev–Trinajstić information content (AvgIpc) is 3.58. The predicted octanol–water partition coefficient (Wildman–Crippen LogP) is 4.28. The minimum absolute atomic E-state index is 0. The van der Waals surface area contributed by atoms with E-state index in [1.165, 1.54) is 18.4 Å². The maximum Gasteiger partial charge on any atom is 0.219 e. The first-order valence-corrected chi connectivity index (χ1v) is 10.5. The molecule has 1 amide bonds. The van der Waals surface area contributed by atoms with Gasteiger partial charge in [0.2, 0.25) is 5.91 Å². The maximum atomic E-state index is 11.1. The summed E-state index contributed by atoms with van der Waals surface area (Å²) in [7, 11) is 0. The van der Waals surface area contributed by atoms with E-state index >= 15 is 0 Å². The molecule has 5 rings (SSSR count). The van der Waals surface area contributed by atoms with Gasteiger partial charge in [-0.1, -0.05) is 6.07 Å². The van der Waals surface area contributed by atoms with Crippen molar-refractivity contribution in [1.82, 2.24) is 19.5 Å². The van der Waals surface area contributed by atoms with Gasteiger partial charge in [-0.25, -0.2) is 15.0 Å². The van der Waals surface area contributed by atoms with E-state index in [9.17, 15) is 4.79 Å². The van der Waals surface area contributed by atoms with Crippen molar-refractivity contribution in [2.75, 3.05) is 5.32 Å². The zero-order valence-corrected chi connectivity index (χ0v) is 18.5. The van der Waals surface area contributed by atoms with Gasteiger partial charge in [0, 0.05) is 24.7 Å². The Morgan fingerprint density at radius 3 is 2.76 bits per heavy atom. The molecule has 9 heteroatoms. The molecule has 4 aromatic rings. The summed E-state index contributed by atoms with van der Waals surface area (Å²) < 4.78 is 1.93. The van der Waals surface area contributed by atoms with Crippen LogP contribution in [0.4, 0.5) is 11.6 Å². The van der Waals surface area contributed by atoms with E-state index in [1.807, 2.05) is 22.8 Å². The van der Waals surface area contributed by atoms with Gasteiger partial charge in [0.1, 0.15) is 11.6 Å². The van der Waals surface area contributed by atoms with Gasteiger partial charge in [0.05, 0.1) is 34.7 Å². The Morgan fingerprint density at radius 1 is 1.15 bits per heavy atom. The number of nitrogens with one attached hydrogen (secondary N) is 1. The second-order valence-electron chi connectivity index (χ2n) is 7.97. The fourth-order valence-corrected chi connectivity index (χ4v) is 3.75. The van der Waals surface area contributed by atoms with Gasteiger partial charge in [0.15, 0.2) is 0 Å². The van der Waals surface area contributed by atoms with Crippen LogP contribution in [0.3, 0.4) is 0 Å². The molecule has 1 fully saturated rings. The molecule has 1 aliphatic carbocycles. The van der Waals surface area contributed by atoms with Crippen LogP contribution in [0.2, 0.25) is 0 Å². The topological polar surface area (TPSA) is 123 Å². The predicted molar refractivity (Wildman–Crippen MR) is 128 cm³/mol. The third-order valence-corrected chi connectivity index (χ3v) is 5.56. The van der Waals surface area contributed by atoms with Gasteiger partial charge in [-0.2, -0.15) is 5.26 Å². The number of imidazole rings is 1. The van der Waals surface area contributed by atoms with Crippen molar-refractivity contribution >= 4 is 41.0 Å². The highest BCUT2D eigenvalue weighted by Gasteiger charge is 2.25. The average molecular weight is 460 g/mol. The number of halogens is 1. The van der Waals surface area contributed by atoms with Crippen LogP contribution in [0.5, 0.6) is 0 Å². The lowest BCUT2D eigenvalue weighted by atomic mass is 10.1. The summed E-state index contributed by atoms with van der Waals surface area (Å²) in [4.78, 5) is 24.7. The number of nitriles is 1. The van der Waals surface area contributed by atoms with Crippen LogP contribution in [0.15, 0.2) is 55.0 Å². The van der Waals surface area contributed by atoms with Crippen molar-refractivity contribution in [2.24, 2.45) is 5.73 Å². The minimum Gasteiger partial charge on any atom is -0.370 e. The monoisotopic (exact) mass is 459 g/mol. The molecule has 0 radical (unpaired) electrons. The Hall–Kier alpha value is -3.96. The molecule has 0 atom stereocenters. The van der Waals surface area contributed by atoms with E-state index < -0.39 is 0 Å². The molecule has 0 unspecified atom stereocenters. The molecule has 0 aliphatic heterocycles. The molecule has 1 saturated carbocycles. The summed E-state index contributed by atoms with van der Waals surface area (Å²) in [5.41, 5.74) is 10.6. The third-order valence-electron chi connectivity index (χ3n) is 5.56. The molecule has 0 bridgehead atoms. The SMILES string of the molecule is Cl.N#Cc1ccnc(Nc2cc(C3CC3)cc(-c3ccc4c(c3)ncn4CCC(N)=O)n2)c1. The molecule has 1 aromatic carbocycles. The first-order valence-electron chi connectivity index (χ1n) is 10.5. The molecule has 3 aromatic heterocycles. The molecule has 3 heterocycles. The highest BCUT2D eigenvalue weighted by Crippen LogP contribution is 2.42. The normalized spacial score (nSPS) is 12.7. The van der Waals surface area contributed by atoms with Crippen molar-refractivity contribution in [2.45, 2.75) is 31.7 Å². The third kappa shape index (κ3) is 4.94. The first-order chi connectivity index (χ1) is 15.6.